The lowest BCUT2D eigenvalue weighted by Crippen LogP contribution is -2.75. The first-order valence-electron chi connectivity index (χ1n) is 20.3. The lowest BCUT2D eigenvalue weighted by Gasteiger charge is -2.61. The van der Waals surface area contributed by atoms with Crippen LogP contribution >= 0.6 is 0 Å². The monoisotopic (exact) mass is 759 g/mol. The molecule has 0 spiro atoms. The normalized spacial score (nSPS) is 40.8. The molecule has 300 valence electrons. The van der Waals surface area contributed by atoms with Crippen LogP contribution in [0.5, 0.6) is 0 Å². The number of amides is 2. The van der Waals surface area contributed by atoms with Crippen molar-refractivity contribution in [3.63, 3.8) is 0 Å². The minimum atomic E-state index is -1.33. The molecule has 54 heavy (non-hydrogen) atoms. The van der Waals surface area contributed by atoms with Crippen molar-refractivity contribution in [1.82, 2.24) is 30.7 Å². The molecule has 3 aliphatic carbocycles. The smallest absolute Gasteiger partial charge is 0.407 e. The molecule has 16 heteroatoms. The van der Waals surface area contributed by atoms with E-state index < -0.39 is 47.9 Å². The van der Waals surface area contributed by atoms with E-state index >= 15 is 4.39 Å². The number of nitroso groups, excluding NO2 is 1. The molecule has 5 heterocycles. The van der Waals surface area contributed by atoms with Gasteiger partial charge in [0.25, 0.3) is 5.91 Å². The van der Waals surface area contributed by atoms with Gasteiger partial charge in [-0.05, 0) is 78.8 Å². The lowest BCUT2D eigenvalue weighted by molar-refractivity contribution is -0.222. The lowest BCUT2D eigenvalue weighted by atomic mass is 9.69. The summed E-state index contributed by atoms with van der Waals surface area (Å²) in [6, 6.07) is -1.61. The minimum Gasteiger partial charge on any atom is -0.444 e. The third kappa shape index (κ3) is 7.80. The Morgan fingerprint density at radius 1 is 1.02 bits per heavy atom. The van der Waals surface area contributed by atoms with Crippen LogP contribution in [-0.2, 0) is 28.5 Å². The predicted octanol–water partition coefficient (Wildman–Crippen LogP) is 1.63. The van der Waals surface area contributed by atoms with Gasteiger partial charge in [-0.1, -0.05) is 5.18 Å². The molecule has 0 aromatic carbocycles. The highest BCUT2D eigenvalue weighted by Gasteiger charge is 2.60. The molecule has 12 unspecified atom stereocenters. The average molecular weight is 760 g/mol. The number of nitrogens with one attached hydrogen (secondary N) is 3. The van der Waals surface area contributed by atoms with Crippen molar-refractivity contribution in [3.05, 3.63) is 16.7 Å². The van der Waals surface area contributed by atoms with Crippen LogP contribution in [0.3, 0.4) is 0 Å². The first-order valence-corrected chi connectivity index (χ1v) is 20.3. The highest BCUT2D eigenvalue weighted by Crippen LogP contribution is 2.47. The van der Waals surface area contributed by atoms with E-state index in [1.165, 1.54) is 0 Å². The Balaban J connectivity index is 1.02. The number of alkyl halides is 1. The van der Waals surface area contributed by atoms with Gasteiger partial charge in [0, 0.05) is 56.8 Å². The number of ketones is 1. The highest BCUT2D eigenvalue weighted by molar-refractivity contribution is 6.20. The number of hydrogen-bond donors (Lipinski definition) is 3. The van der Waals surface area contributed by atoms with E-state index in [0.29, 0.717) is 38.8 Å². The topological polar surface area (TPSA) is 163 Å². The van der Waals surface area contributed by atoms with E-state index in [1.54, 1.807) is 31.9 Å². The van der Waals surface area contributed by atoms with Crippen LogP contribution in [0.1, 0.15) is 72.1 Å². The quantitative estimate of drug-likeness (QED) is 0.187. The average Bonchev–Trinajstić information content (AvgIpc) is 3.61. The van der Waals surface area contributed by atoms with Crippen molar-refractivity contribution in [3.8, 4) is 0 Å². The molecule has 5 aliphatic heterocycles. The van der Waals surface area contributed by atoms with Crippen molar-refractivity contribution in [2.45, 2.75) is 151 Å². The summed E-state index contributed by atoms with van der Waals surface area (Å²) in [5.41, 5.74) is -0.589. The third-order valence-corrected chi connectivity index (χ3v) is 13.0. The summed E-state index contributed by atoms with van der Waals surface area (Å²) in [7, 11) is 0. The third-order valence-electron chi connectivity index (χ3n) is 13.0. The minimum absolute atomic E-state index is 0.000230. The molecule has 0 bridgehead atoms. The summed E-state index contributed by atoms with van der Waals surface area (Å²) in [6.07, 6.45) is 3.54. The molecule has 0 aromatic heterocycles. The SMILES string of the molecule is CC(C)(C)OC(=O)N[C@H]1CCN(C(=O)C2=CN3C4CC5OC6CC(N=O)CCC6NC5CC4OC4C(NCCCN5CCOCC5)C(F)CC(C2=O)C43)C1. The zero-order chi connectivity index (χ0) is 37.7. The Morgan fingerprint density at radius 3 is 2.59 bits per heavy atom. The number of rotatable bonds is 8. The summed E-state index contributed by atoms with van der Waals surface area (Å²) in [5.74, 6) is -1.48. The number of alkyl carbamates (subject to hydrolysis) is 1. The molecular formula is C38H58FN7O8. The Morgan fingerprint density at radius 2 is 1.81 bits per heavy atom. The molecule has 3 saturated carbocycles. The largest absolute Gasteiger partial charge is 0.444 e. The summed E-state index contributed by atoms with van der Waals surface area (Å²) in [5, 5.41) is 13.5. The predicted molar refractivity (Wildman–Crippen MR) is 194 cm³/mol. The van der Waals surface area contributed by atoms with E-state index in [4.69, 9.17) is 18.9 Å². The van der Waals surface area contributed by atoms with Crippen molar-refractivity contribution < 1.29 is 37.7 Å². The molecule has 2 amide bonds. The summed E-state index contributed by atoms with van der Waals surface area (Å²) >= 11 is 0. The molecule has 8 aliphatic rings. The Hall–Kier alpha value is -2.76. The number of halogens is 1. The van der Waals surface area contributed by atoms with E-state index in [1.807, 2.05) is 0 Å². The maximum Gasteiger partial charge on any atom is 0.407 e. The maximum atomic E-state index is 16.5. The maximum absolute atomic E-state index is 16.5. The van der Waals surface area contributed by atoms with Crippen molar-refractivity contribution >= 4 is 17.8 Å². The summed E-state index contributed by atoms with van der Waals surface area (Å²) in [4.78, 5) is 58.6. The van der Waals surface area contributed by atoms with Crippen LogP contribution in [-0.4, -0.2) is 163 Å². The van der Waals surface area contributed by atoms with Gasteiger partial charge < -0.3 is 44.7 Å². The second-order valence-corrected chi connectivity index (χ2v) is 17.7. The molecule has 7 fully saturated rings. The Kier molecular flexibility index (Phi) is 11.0. The van der Waals surface area contributed by atoms with Gasteiger partial charge in [-0.15, -0.1) is 0 Å². The van der Waals surface area contributed by atoms with Gasteiger partial charge in [0.05, 0.1) is 73.4 Å². The number of nitrogens with zero attached hydrogens (tertiary/aromatic N) is 4. The second-order valence-electron chi connectivity index (χ2n) is 17.7. The summed E-state index contributed by atoms with van der Waals surface area (Å²) < 4.78 is 41.0. The molecule has 8 rings (SSSR count). The van der Waals surface area contributed by atoms with Crippen LogP contribution in [0.25, 0.3) is 0 Å². The number of likely N-dealkylation sites (tertiary alicyclic amines) is 1. The van der Waals surface area contributed by atoms with Crippen molar-refractivity contribution in [2.24, 2.45) is 11.1 Å². The van der Waals surface area contributed by atoms with Gasteiger partial charge >= 0.3 is 6.09 Å². The standard InChI is InChI=1S/C38H58FN7O8/c1-38(2,3)54-37(49)41-22-7-10-45(19-22)36(48)24-20-46-28-18-30-27(42-26-6-5-21(43-50)15-29(26)52-30)17-31(28)53-35-32(25(39)16-23(33(35)46)34(24)47)40-8-4-9-44-11-13-51-14-12-44/h20-23,25-33,35,40,42H,4-19H2,1-3H3,(H,41,49)/t21?,22-,23?,25?,26?,27?,28?,29?,30?,31?,32?,33?,35?/m0/s1. The molecule has 0 aromatic rings. The first kappa shape index (κ1) is 38.1. The van der Waals surface area contributed by atoms with E-state index in [2.05, 4.69) is 30.9 Å². The van der Waals surface area contributed by atoms with Crippen LogP contribution in [0, 0.1) is 10.8 Å². The van der Waals surface area contributed by atoms with Crippen LogP contribution in [0.4, 0.5) is 9.18 Å². The number of Topliss-reactive ketones (excluding diaryl/α,β-unsaturated/α-hetero) is 1. The number of carbonyl (C=O) groups is 3. The van der Waals surface area contributed by atoms with Crippen LogP contribution in [0.2, 0.25) is 0 Å². The van der Waals surface area contributed by atoms with Gasteiger partial charge in [0.2, 0.25) is 0 Å². The van der Waals surface area contributed by atoms with Gasteiger partial charge in [0.15, 0.2) is 5.78 Å². The van der Waals surface area contributed by atoms with Gasteiger partial charge in [-0.25, -0.2) is 9.18 Å². The molecule has 0 radical (unpaired) electrons. The number of morpholine rings is 3. The first-order chi connectivity index (χ1) is 26.0. The Labute approximate surface area is 316 Å². The van der Waals surface area contributed by atoms with E-state index in [0.717, 1.165) is 52.1 Å². The van der Waals surface area contributed by atoms with Gasteiger partial charge in [-0.2, -0.15) is 4.91 Å². The zero-order valence-corrected chi connectivity index (χ0v) is 31.8. The number of hydrogen-bond acceptors (Lipinski definition) is 13. The zero-order valence-electron chi connectivity index (χ0n) is 31.8. The number of ether oxygens (including phenoxy) is 4. The molecule has 15 nitrogen and oxygen atoms in total. The second kappa shape index (κ2) is 15.6. The van der Waals surface area contributed by atoms with Crippen molar-refractivity contribution in [1.29, 1.82) is 0 Å². The fourth-order valence-corrected chi connectivity index (χ4v) is 10.4. The molecule has 3 N–H and O–H groups in total. The van der Waals surface area contributed by atoms with Crippen LogP contribution in [0.15, 0.2) is 16.9 Å². The van der Waals surface area contributed by atoms with Crippen LogP contribution < -0.4 is 16.0 Å². The molecule has 4 saturated heterocycles. The van der Waals surface area contributed by atoms with Gasteiger partial charge in [-0.3, -0.25) is 14.5 Å². The Bertz CT molecular complexity index is 1460. The van der Waals surface area contributed by atoms with E-state index in [-0.39, 0.29) is 72.8 Å². The van der Waals surface area contributed by atoms with Gasteiger partial charge in [0.1, 0.15) is 11.8 Å². The van der Waals surface area contributed by atoms with E-state index in [9.17, 15) is 19.3 Å². The van der Waals surface area contributed by atoms with Crippen molar-refractivity contribution in [2.75, 3.05) is 52.5 Å². The molecule has 13 atom stereocenters. The number of carbonyl (C=O) groups excluding carboxylic acids is 3. The fourth-order valence-electron chi connectivity index (χ4n) is 10.4. The summed E-state index contributed by atoms with van der Waals surface area (Å²) in [6.45, 7) is 10.8. The molecular weight excluding hydrogens is 701 g/mol. The highest BCUT2D eigenvalue weighted by atomic mass is 19.1. The number of fused-ring (bicyclic) bond motifs is 4. The fraction of sp³-hybridized carbons (Fsp3) is 0.868.